The van der Waals surface area contributed by atoms with Gasteiger partial charge in [0, 0.05) is 11.1 Å². The van der Waals surface area contributed by atoms with Crippen LogP contribution in [0.5, 0.6) is 5.75 Å². The van der Waals surface area contributed by atoms with Crippen LogP contribution in [0, 0.1) is 0 Å². The van der Waals surface area contributed by atoms with Crippen LogP contribution in [-0.2, 0) is 16.9 Å². The minimum absolute atomic E-state index is 0.000213. The monoisotopic (exact) mass is 363 g/mol. The second kappa shape index (κ2) is 8.34. The molecule has 6 heteroatoms. The van der Waals surface area contributed by atoms with Gasteiger partial charge in [0.2, 0.25) is 0 Å². The number of aliphatic carboxylic acids is 1. The van der Waals surface area contributed by atoms with Crippen molar-refractivity contribution < 1.29 is 19.7 Å². The summed E-state index contributed by atoms with van der Waals surface area (Å²) in [6.45, 7) is 3.31. The molecule has 2 aromatic carbocycles. The Kier molecular flexibility index (Phi) is 6.42. The summed E-state index contributed by atoms with van der Waals surface area (Å²) in [5.74, 6) is -0.497. The first-order valence-corrected chi connectivity index (χ1v) is 8.34. The number of halogens is 1. The van der Waals surface area contributed by atoms with Crippen LogP contribution in [0.25, 0.3) is 0 Å². The maximum absolute atomic E-state index is 10.7. The Labute approximate surface area is 152 Å². The Bertz CT molecular complexity index is 716. The van der Waals surface area contributed by atoms with Gasteiger partial charge in [-0.3, -0.25) is 5.32 Å². The predicted octanol–water partition coefficient (Wildman–Crippen LogP) is 3.19. The third kappa shape index (κ3) is 6.05. The van der Waals surface area contributed by atoms with E-state index >= 15 is 0 Å². The molecule has 0 heterocycles. The zero-order chi connectivity index (χ0) is 18.4. The van der Waals surface area contributed by atoms with E-state index in [1.165, 1.54) is 0 Å². The molecule has 25 heavy (non-hydrogen) atoms. The Morgan fingerprint density at radius 3 is 2.56 bits per heavy atom. The minimum Gasteiger partial charge on any atom is -0.482 e. The van der Waals surface area contributed by atoms with Gasteiger partial charge in [0.25, 0.3) is 0 Å². The Balaban J connectivity index is 1.95. The maximum atomic E-state index is 10.7. The van der Waals surface area contributed by atoms with E-state index in [1.807, 2.05) is 25.1 Å². The lowest BCUT2D eigenvalue weighted by Crippen LogP contribution is -2.45. The molecule has 2 atom stereocenters. The first-order chi connectivity index (χ1) is 11.8. The minimum atomic E-state index is -1.20. The zero-order valence-electron chi connectivity index (χ0n) is 14.2. The smallest absolute Gasteiger partial charge is 0.341 e. The van der Waals surface area contributed by atoms with E-state index in [1.54, 1.807) is 37.3 Å². The lowest BCUT2D eigenvalue weighted by Gasteiger charge is -2.29. The van der Waals surface area contributed by atoms with Crippen LogP contribution >= 0.6 is 11.6 Å². The second-order valence-corrected chi connectivity index (χ2v) is 6.59. The number of aliphatic hydroxyl groups is 1. The van der Waals surface area contributed by atoms with Crippen molar-refractivity contribution in [2.75, 3.05) is 6.61 Å². The van der Waals surface area contributed by atoms with Crippen molar-refractivity contribution in [1.29, 1.82) is 0 Å². The number of benzene rings is 2. The molecule has 0 aliphatic carbocycles. The molecule has 3 N–H and O–H groups in total. The van der Waals surface area contributed by atoms with Gasteiger partial charge in [-0.2, -0.15) is 0 Å². The second-order valence-electron chi connectivity index (χ2n) is 6.16. The summed E-state index contributed by atoms with van der Waals surface area (Å²) >= 11 is 5.99. The van der Waals surface area contributed by atoms with Crippen molar-refractivity contribution in [3.63, 3.8) is 0 Å². The van der Waals surface area contributed by atoms with Crippen LogP contribution in [0.15, 0.2) is 48.5 Å². The molecule has 2 rings (SSSR count). The molecule has 0 aliphatic heterocycles. The highest BCUT2D eigenvalue weighted by atomic mass is 35.5. The van der Waals surface area contributed by atoms with Crippen molar-refractivity contribution >= 4 is 17.6 Å². The molecule has 0 radical (unpaired) electrons. The fraction of sp³-hybridized carbons (Fsp3) is 0.316. The standard InChI is InChI=1S/C19H22ClNO4/c1-13(21-19(2,24)15-4-3-5-16(20)11-15)10-14-6-8-17(9-7-14)25-12-18(22)23/h3-9,11,13,21,24H,10,12H2,1-2H3,(H,22,23)/t13-,19+/m0/s1. The fourth-order valence-corrected chi connectivity index (χ4v) is 2.82. The van der Waals surface area contributed by atoms with Crippen molar-refractivity contribution in [1.82, 2.24) is 5.32 Å². The average molecular weight is 364 g/mol. The number of hydrogen-bond acceptors (Lipinski definition) is 4. The molecule has 0 saturated carbocycles. The van der Waals surface area contributed by atoms with Crippen LogP contribution in [-0.4, -0.2) is 28.8 Å². The summed E-state index contributed by atoms with van der Waals surface area (Å²) < 4.78 is 5.11. The largest absolute Gasteiger partial charge is 0.482 e. The van der Waals surface area contributed by atoms with Gasteiger partial charge >= 0.3 is 5.97 Å². The van der Waals surface area contributed by atoms with Gasteiger partial charge in [-0.15, -0.1) is 0 Å². The molecule has 5 nitrogen and oxygen atoms in total. The van der Waals surface area contributed by atoms with E-state index in [2.05, 4.69) is 5.32 Å². The Morgan fingerprint density at radius 2 is 1.96 bits per heavy atom. The van der Waals surface area contributed by atoms with Gasteiger partial charge in [0.15, 0.2) is 6.61 Å². The molecule has 0 bridgehead atoms. The molecule has 2 aromatic rings. The van der Waals surface area contributed by atoms with Gasteiger partial charge in [-0.1, -0.05) is 35.9 Å². The van der Waals surface area contributed by atoms with Crippen molar-refractivity contribution in [3.8, 4) is 5.75 Å². The van der Waals surface area contributed by atoms with Gasteiger partial charge in [-0.25, -0.2) is 4.79 Å². The van der Waals surface area contributed by atoms with E-state index in [9.17, 15) is 9.90 Å². The molecule has 0 amide bonds. The summed E-state index contributed by atoms with van der Waals surface area (Å²) in [7, 11) is 0. The number of hydrogen-bond donors (Lipinski definition) is 3. The van der Waals surface area contributed by atoms with Gasteiger partial charge < -0.3 is 14.9 Å². The van der Waals surface area contributed by atoms with E-state index in [4.69, 9.17) is 21.4 Å². The number of carboxylic acids is 1. The third-order valence-electron chi connectivity index (χ3n) is 3.74. The number of carbonyl (C=O) groups is 1. The highest BCUT2D eigenvalue weighted by Crippen LogP contribution is 2.22. The van der Waals surface area contributed by atoms with E-state index in [0.717, 1.165) is 5.56 Å². The maximum Gasteiger partial charge on any atom is 0.341 e. The first kappa shape index (κ1) is 19.2. The lowest BCUT2D eigenvalue weighted by molar-refractivity contribution is -0.139. The van der Waals surface area contributed by atoms with Crippen LogP contribution < -0.4 is 10.1 Å². The van der Waals surface area contributed by atoms with E-state index in [-0.39, 0.29) is 12.6 Å². The number of ether oxygens (including phenoxy) is 1. The van der Waals surface area contributed by atoms with Gasteiger partial charge in [0.1, 0.15) is 11.5 Å². The molecule has 0 aliphatic rings. The first-order valence-electron chi connectivity index (χ1n) is 7.96. The molecule has 0 aromatic heterocycles. The molecular formula is C19H22ClNO4. The SMILES string of the molecule is C[C@@H](Cc1ccc(OCC(=O)O)cc1)N[C@](C)(O)c1cccc(Cl)c1. The van der Waals surface area contributed by atoms with Gasteiger partial charge in [-0.05, 0) is 55.7 Å². The molecular weight excluding hydrogens is 342 g/mol. The van der Waals surface area contributed by atoms with Crippen molar-refractivity contribution in [2.24, 2.45) is 0 Å². The van der Waals surface area contributed by atoms with Crippen molar-refractivity contribution in [3.05, 3.63) is 64.7 Å². The normalized spacial score (nSPS) is 14.6. The van der Waals surface area contributed by atoms with Crippen molar-refractivity contribution in [2.45, 2.75) is 32.0 Å². The highest BCUT2D eigenvalue weighted by molar-refractivity contribution is 6.30. The topological polar surface area (TPSA) is 78.8 Å². The quantitative estimate of drug-likeness (QED) is 0.628. The molecule has 0 saturated heterocycles. The van der Waals surface area contributed by atoms with Crippen LogP contribution in [0.3, 0.4) is 0 Å². The molecule has 134 valence electrons. The third-order valence-corrected chi connectivity index (χ3v) is 3.98. The van der Waals surface area contributed by atoms with E-state index in [0.29, 0.717) is 22.8 Å². The van der Waals surface area contributed by atoms with Crippen LogP contribution in [0.4, 0.5) is 0 Å². The Morgan fingerprint density at radius 1 is 1.28 bits per heavy atom. The number of rotatable bonds is 8. The fourth-order valence-electron chi connectivity index (χ4n) is 2.63. The molecule has 0 unspecified atom stereocenters. The lowest BCUT2D eigenvalue weighted by atomic mass is 10.0. The number of nitrogens with one attached hydrogen (secondary N) is 1. The summed E-state index contributed by atoms with van der Waals surface area (Å²) in [5.41, 5.74) is 0.545. The molecule has 0 spiro atoms. The predicted molar refractivity (Wildman–Crippen MR) is 96.9 cm³/mol. The summed E-state index contributed by atoms with van der Waals surface area (Å²) in [6, 6.07) is 14.3. The zero-order valence-corrected chi connectivity index (χ0v) is 15.0. The summed E-state index contributed by atoms with van der Waals surface area (Å²) in [6.07, 6.45) is 0.690. The highest BCUT2D eigenvalue weighted by Gasteiger charge is 2.25. The average Bonchev–Trinajstić information content (AvgIpc) is 2.53. The Hall–Kier alpha value is -2.08. The van der Waals surface area contributed by atoms with Crippen LogP contribution in [0.1, 0.15) is 25.0 Å². The summed E-state index contributed by atoms with van der Waals surface area (Å²) in [5, 5.41) is 23.0. The summed E-state index contributed by atoms with van der Waals surface area (Å²) in [4.78, 5) is 10.5. The van der Waals surface area contributed by atoms with Crippen LogP contribution in [0.2, 0.25) is 5.02 Å². The number of carboxylic acid groups (broad SMARTS) is 1. The van der Waals surface area contributed by atoms with E-state index < -0.39 is 11.7 Å². The molecule has 0 fully saturated rings. The van der Waals surface area contributed by atoms with Gasteiger partial charge in [0.05, 0.1) is 0 Å².